The molecule has 0 amide bonds. The number of methoxy groups -OCH3 is 1. The van der Waals surface area contributed by atoms with Gasteiger partial charge in [0.1, 0.15) is 15.9 Å². The van der Waals surface area contributed by atoms with Crippen LogP contribution in [0.5, 0.6) is 5.75 Å². The number of benzene rings is 1. The van der Waals surface area contributed by atoms with Gasteiger partial charge < -0.3 is 4.74 Å². The second-order valence-electron chi connectivity index (χ2n) is 5.83. The molecule has 0 saturated carbocycles. The summed E-state index contributed by atoms with van der Waals surface area (Å²) in [6.45, 7) is 7.18. The Morgan fingerprint density at radius 2 is 1.68 bits per heavy atom. The average molecular weight is 416 g/mol. The number of alkyl halides is 3. The number of carbonyl (C=O) groups excluding carboxylic acids is 1. The quantitative estimate of drug-likeness (QED) is 0.501. The monoisotopic (exact) mass is 415 g/mol. The van der Waals surface area contributed by atoms with E-state index >= 15 is 0 Å². The van der Waals surface area contributed by atoms with Gasteiger partial charge in [0.15, 0.2) is 5.78 Å². The maximum atomic E-state index is 13.6. The van der Waals surface area contributed by atoms with Gasteiger partial charge in [-0.25, -0.2) is 4.98 Å². The van der Waals surface area contributed by atoms with Crippen LogP contribution in [0.4, 0.5) is 13.2 Å². The maximum Gasteiger partial charge on any atom is 0.419 e. The van der Waals surface area contributed by atoms with Crippen LogP contribution in [0.1, 0.15) is 43.7 Å². The van der Waals surface area contributed by atoms with E-state index in [1.165, 1.54) is 7.11 Å². The average Bonchev–Trinajstić information content (AvgIpc) is 2.51. The number of nitrogens with zero attached hydrogens (tertiary/aromatic N) is 1. The molecular formula is C18H17BrF3NO2. The summed E-state index contributed by atoms with van der Waals surface area (Å²) in [4.78, 5) is 16.8. The van der Waals surface area contributed by atoms with E-state index in [1.807, 2.05) is 13.8 Å². The molecule has 0 saturated heterocycles. The Balaban J connectivity index is 2.86. The van der Waals surface area contributed by atoms with Crippen LogP contribution in [-0.2, 0) is 6.18 Å². The lowest BCUT2D eigenvalue weighted by atomic mass is 9.88. The summed E-state index contributed by atoms with van der Waals surface area (Å²) in [6.07, 6.45) is -3.65. The van der Waals surface area contributed by atoms with Gasteiger partial charge in [0, 0.05) is 5.56 Å². The van der Waals surface area contributed by atoms with E-state index in [0.717, 1.165) is 17.3 Å². The van der Waals surface area contributed by atoms with Crippen molar-refractivity contribution >= 4 is 21.7 Å². The largest absolute Gasteiger partial charge is 0.494 e. The molecule has 0 spiro atoms. The molecule has 1 heterocycles. The second-order valence-corrected chi connectivity index (χ2v) is 6.58. The number of aromatic nitrogens is 1. The van der Waals surface area contributed by atoms with Crippen LogP contribution in [0.15, 0.2) is 16.9 Å². The second kappa shape index (κ2) is 6.78. The van der Waals surface area contributed by atoms with Crippen molar-refractivity contribution in [1.29, 1.82) is 0 Å². The molecule has 1 aromatic heterocycles. The normalized spacial score (nSPS) is 11.6. The third kappa shape index (κ3) is 3.42. The zero-order valence-corrected chi connectivity index (χ0v) is 16.0. The van der Waals surface area contributed by atoms with Crippen LogP contribution in [0.25, 0.3) is 0 Å². The molecule has 7 heteroatoms. The number of pyridine rings is 1. The van der Waals surface area contributed by atoms with E-state index in [4.69, 9.17) is 4.74 Å². The van der Waals surface area contributed by atoms with Crippen molar-refractivity contribution in [2.75, 3.05) is 7.11 Å². The molecule has 2 aromatic rings. The number of ether oxygens (including phenoxy) is 1. The van der Waals surface area contributed by atoms with Crippen molar-refractivity contribution in [1.82, 2.24) is 4.98 Å². The van der Waals surface area contributed by atoms with Crippen molar-refractivity contribution in [3.63, 3.8) is 0 Å². The lowest BCUT2D eigenvalue weighted by Gasteiger charge is -2.19. The molecule has 0 aliphatic rings. The number of hydrogen-bond donors (Lipinski definition) is 0. The summed E-state index contributed by atoms with van der Waals surface area (Å²) in [7, 11) is 1.21. The van der Waals surface area contributed by atoms with Gasteiger partial charge >= 0.3 is 6.18 Å². The zero-order valence-electron chi connectivity index (χ0n) is 14.4. The standard InChI is InChI=1S/C18H17BrF3NO2/c1-8-6-9(2)13(11(4)10(8)3)16(24)14-12(25-5)7-23-17(19)15(14)18(20,21)22/h6-7H,1-5H3. The minimum atomic E-state index is -4.76. The van der Waals surface area contributed by atoms with E-state index in [2.05, 4.69) is 20.9 Å². The third-order valence-electron chi connectivity index (χ3n) is 4.31. The Morgan fingerprint density at radius 3 is 2.20 bits per heavy atom. The van der Waals surface area contributed by atoms with Crippen molar-refractivity contribution in [2.45, 2.75) is 33.9 Å². The smallest absolute Gasteiger partial charge is 0.419 e. The number of carbonyl (C=O) groups is 1. The lowest BCUT2D eigenvalue weighted by molar-refractivity contribution is -0.138. The molecule has 0 fully saturated rings. The highest BCUT2D eigenvalue weighted by Gasteiger charge is 2.41. The highest BCUT2D eigenvalue weighted by molar-refractivity contribution is 9.10. The van der Waals surface area contributed by atoms with Crippen molar-refractivity contribution in [3.05, 3.63) is 55.8 Å². The third-order valence-corrected chi connectivity index (χ3v) is 4.91. The Morgan fingerprint density at radius 1 is 1.08 bits per heavy atom. The number of halogens is 4. The molecule has 0 aliphatic heterocycles. The van der Waals surface area contributed by atoms with E-state index in [9.17, 15) is 18.0 Å². The van der Waals surface area contributed by atoms with Gasteiger partial charge in [0.2, 0.25) is 0 Å². The van der Waals surface area contributed by atoms with Gasteiger partial charge in [-0.15, -0.1) is 0 Å². The fraction of sp³-hybridized carbons (Fsp3) is 0.333. The van der Waals surface area contributed by atoms with E-state index in [1.54, 1.807) is 19.9 Å². The fourth-order valence-electron chi connectivity index (χ4n) is 2.87. The molecule has 3 nitrogen and oxygen atoms in total. The summed E-state index contributed by atoms with van der Waals surface area (Å²) in [5.41, 5.74) is 1.71. The summed E-state index contributed by atoms with van der Waals surface area (Å²) in [6, 6.07) is 1.80. The molecule has 0 unspecified atom stereocenters. The molecule has 134 valence electrons. The van der Waals surface area contributed by atoms with Gasteiger partial charge in [0.25, 0.3) is 0 Å². The van der Waals surface area contributed by atoms with Crippen LogP contribution >= 0.6 is 15.9 Å². The Bertz CT molecular complexity index is 861. The van der Waals surface area contributed by atoms with Crippen molar-refractivity contribution in [2.24, 2.45) is 0 Å². The first-order valence-corrected chi connectivity index (χ1v) is 8.21. The summed E-state index contributed by atoms with van der Waals surface area (Å²) in [5, 5.41) is 0. The van der Waals surface area contributed by atoms with E-state index < -0.39 is 27.7 Å². The first kappa shape index (κ1) is 19.4. The lowest BCUT2D eigenvalue weighted by Crippen LogP contribution is -2.19. The van der Waals surface area contributed by atoms with Crippen LogP contribution in [0.2, 0.25) is 0 Å². The minimum absolute atomic E-state index is 0.211. The molecule has 25 heavy (non-hydrogen) atoms. The first-order valence-electron chi connectivity index (χ1n) is 7.42. The molecule has 0 atom stereocenters. The maximum absolute atomic E-state index is 13.6. The van der Waals surface area contributed by atoms with Gasteiger partial charge in [-0.3, -0.25) is 4.79 Å². The molecule has 0 N–H and O–H groups in total. The zero-order chi connectivity index (χ0) is 19.1. The Hall–Kier alpha value is -1.89. The number of rotatable bonds is 3. The predicted octanol–water partition coefficient (Wildman–Crippen LogP) is 5.34. The molecule has 1 aromatic carbocycles. The summed E-state index contributed by atoms with van der Waals surface area (Å²) in [5.74, 6) is -0.942. The van der Waals surface area contributed by atoms with Gasteiger partial charge in [-0.05, 0) is 65.9 Å². The Labute approximate surface area is 152 Å². The molecule has 2 rings (SSSR count). The van der Waals surface area contributed by atoms with Crippen LogP contribution in [0, 0.1) is 27.7 Å². The highest BCUT2D eigenvalue weighted by Crippen LogP contribution is 2.41. The molecular weight excluding hydrogens is 399 g/mol. The minimum Gasteiger partial charge on any atom is -0.494 e. The fourth-order valence-corrected chi connectivity index (χ4v) is 3.39. The molecule has 0 bridgehead atoms. The predicted molar refractivity (Wildman–Crippen MR) is 92.3 cm³/mol. The summed E-state index contributed by atoms with van der Waals surface area (Å²) >= 11 is 2.81. The number of ketones is 1. The summed E-state index contributed by atoms with van der Waals surface area (Å²) < 4.78 is 45.3. The van der Waals surface area contributed by atoms with Crippen LogP contribution < -0.4 is 4.74 Å². The number of aryl methyl sites for hydroxylation is 2. The molecule has 0 aliphatic carbocycles. The topological polar surface area (TPSA) is 39.2 Å². The van der Waals surface area contributed by atoms with Crippen LogP contribution in [0.3, 0.4) is 0 Å². The van der Waals surface area contributed by atoms with Gasteiger partial charge in [0.05, 0.1) is 18.9 Å². The van der Waals surface area contributed by atoms with E-state index in [-0.39, 0.29) is 11.3 Å². The Kier molecular flexibility index (Phi) is 5.27. The van der Waals surface area contributed by atoms with Gasteiger partial charge in [-0.1, -0.05) is 6.07 Å². The first-order chi connectivity index (χ1) is 11.5. The molecule has 0 radical (unpaired) electrons. The van der Waals surface area contributed by atoms with Crippen molar-refractivity contribution in [3.8, 4) is 5.75 Å². The highest BCUT2D eigenvalue weighted by atomic mass is 79.9. The van der Waals surface area contributed by atoms with Gasteiger partial charge in [-0.2, -0.15) is 13.2 Å². The SMILES string of the molecule is COc1cnc(Br)c(C(F)(F)F)c1C(=O)c1c(C)cc(C)c(C)c1C. The van der Waals surface area contributed by atoms with E-state index in [0.29, 0.717) is 11.1 Å². The van der Waals surface area contributed by atoms with Crippen LogP contribution in [-0.4, -0.2) is 17.9 Å². The number of hydrogen-bond acceptors (Lipinski definition) is 3. The van der Waals surface area contributed by atoms with Crippen molar-refractivity contribution < 1.29 is 22.7 Å².